The zero-order chi connectivity index (χ0) is 18.0. The first-order valence-electron chi connectivity index (χ1n) is 7.60. The number of aromatic amines is 1. The molecule has 1 heterocycles. The number of fused-ring (bicyclic) bond motifs is 1. The number of rotatable bonds is 5. The minimum absolute atomic E-state index is 0.257. The van der Waals surface area contributed by atoms with Crippen molar-refractivity contribution in [2.45, 2.75) is 0 Å². The zero-order valence-corrected chi connectivity index (χ0v) is 14.7. The molecule has 7 nitrogen and oxygen atoms in total. The lowest BCUT2D eigenvalue weighted by Gasteiger charge is -2.14. The predicted octanol–water partition coefficient (Wildman–Crippen LogP) is 2.06. The van der Waals surface area contributed by atoms with E-state index in [2.05, 4.69) is 15.3 Å². The fourth-order valence-electron chi connectivity index (χ4n) is 2.39. The monoisotopic (exact) mass is 358 g/mol. The van der Waals surface area contributed by atoms with Gasteiger partial charge < -0.3 is 10.3 Å². The Hall–Kier alpha value is -2.71. The lowest BCUT2D eigenvalue weighted by molar-refractivity contribution is -0.116. The number of aromatic nitrogens is 2. The molecule has 0 saturated heterocycles. The molecule has 0 aliphatic carbocycles. The predicted molar refractivity (Wildman–Crippen MR) is 97.6 cm³/mol. The van der Waals surface area contributed by atoms with Crippen LogP contribution in [0.5, 0.6) is 0 Å². The van der Waals surface area contributed by atoms with Crippen LogP contribution in [0.1, 0.15) is 0 Å². The number of para-hydroxylation sites is 3. The second kappa shape index (κ2) is 6.66. The number of H-pyrrole nitrogens is 1. The van der Waals surface area contributed by atoms with E-state index in [1.807, 2.05) is 36.4 Å². The smallest absolute Gasteiger partial charge is 0.239 e. The molecule has 25 heavy (non-hydrogen) atoms. The fourth-order valence-corrected chi connectivity index (χ4v) is 2.74. The standard InChI is InChI=1S/C17H18N4O3S/c1-21(25(2,23)24)11-16(22)18-13-8-4-3-7-12(13)17-19-14-9-5-6-10-15(14)20-17/h3-10H,11H2,1-2H3,(H,18,22)(H,19,20). The third-order valence-electron chi connectivity index (χ3n) is 3.78. The van der Waals surface area contributed by atoms with Crippen molar-refractivity contribution in [3.63, 3.8) is 0 Å². The van der Waals surface area contributed by atoms with E-state index in [-0.39, 0.29) is 6.54 Å². The van der Waals surface area contributed by atoms with Gasteiger partial charge in [0.15, 0.2) is 0 Å². The Morgan fingerprint density at radius 3 is 2.56 bits per heavy atom. The quantitative estimate of drug-likeness (QED) is 0.730. The van der Waals surface area contributed by atoms with Crippen LogP contribution in [0.3, 0.4) is 0 Å². The van der Waals surface area contributed by atoms with E-state index >= 15 is 0 Å². The molecule has 2 N–H and O–H groups in total. The Labute approximate surface area is 145 Å². The summed E-state index contributed by atoms with van der Waals surface area (Å²) in [4.78, 5) is 19.9. The summed E-state index contributed by atoms with van der Waals surface area (Å²) in [6.07, 6.45) is 1.06. The lowest BCUT2D eigenvalue weighted by atomic mass is 10.1. The number of carbonyl (C=O) groups excluding carboxylic acids is 1. The van der Waals surface area contributed by atoms with Gasteiger partial charge in [0, 0.05) is 12.6 Å². The van der Waals surface area contributed by atoms with Gasteiger partial charge in [0.1, 0.15) is 5.82 Å². The minimum Gasteiger partial charge on any atom is -0.338 e. The van der Waals surface area contributed by atoms with E-state index in [1.54, 1.807) is 12.1 Å². The minimum atomic E-state index is -3.42. The van der Waals surface area contributed by atoms with E-state index in [0.717, 1.165) is 27.2 Å². The van der Waals surface area contributed by atoms with Crippen molar-refractivity contribution in [2.24, 2.45) is 0 Å². The number of hydrogen-bond donors (Lipinski definition) is 2. The number of benzene rings is 2. The van der Waals surface area contributed by atoms with Gasteiger partial charge in [0.25, 0.3) is 0 Å². The van der Waals surface area contributed by atoms with Gasteiger partial charge in [-0.1, -0.05) is 24.3 Å². The number of hydrogen-bond acceptors (Lipinski definition) is 4. The molecule has 0 aliphatic rings. The van der Waals surface area contributed by atoms with Crippen LogP contribution in [0.4, 0.5) is 5.69 Å². The lowest BCUT2D eigenvalue weighted by Crippen LogP contribution is -2.34. The number of nitrogens with one attached hydrogen (secondary N) is 2. The van der Waals surface area contributed by atoms with Crippen LogP contribution in [-0.4, -0.2) is 48.4 Å². The highest BCUT2D eigenvalue weighted by molar-refractivity contribution is 7.88. The molecular weight excluding hydrogens is 340 g/mol. The second-order valence-corrected chi connectivity index (χ2v) is 7.80. The van der Waals surface area contributed by atoms with Crippen molar-refractivity contribution in [1.82, 2.24) is 14.3 Å². The number of likely N-dealkylation sites (N-methyl/N-ethyl adjacent to an activating group) is 1. The van der Waals surface area contributed by atoms with E-state index < -0.39 is 15.9 Å². The molecule has 0 aliphatic heterocycles. The van der Waals surface area contributed by atoms with Crippen LogP contribution in [-0.2, 0) is 14.8 Å². The van der Waals surface area contributed by atoms with Gasteiger partial charge in [0.05, 0.1) is 29.5 Å². The summed E-state index contributed by atoms with van der Waals surface area (Å²) < 4.78 is 23.9. The molecule has 0 radical (unpaired) electrons. The van der Waals surface area contributed by atoms with Gasteiger partial charge in [-0.3, -0.25) is 4.79 Å². The third-order valence-corrected chi connectivity index (χ3v) is 5.04. The van der Waals surface area contributed by atoms with Crippen molar-refractivity contribution in [3.8, 4) is 11.4 Å². The first kappa shape index (κ1) is 17.1. The number of anilines is 1. The molecular formula is C17H18N4O3S. The molecule has 8 heteroatoms. The Morgan fingerprint density at radius 1 is 1.16 bits per heavy atom. The first-order valence-corrected chi connectivity index (χ1v) is 9.45. The van der Waals surface area contributed by atoms with Gasteiger partial charge in [0.2, 0.25) is 15.9 Å². The molecule has 2 aromatic carbocycles. The Morgan fingerprint density at radius 2 is 1.84 bits per heavy atom. The average molecular weight is 358 g/mol. The van der Waals surface area contributed by atoms with E-state index in [0.29, 0.717) is 11.5 Å². The topological polar surface area (TPSA) is 95.2 Å². The molecule has 0 spiro atoms. The van der Waals surface area contributed by atoms with E-state index in [1.165, 1.54) is 7.05 Å². The van der Waals surface area contributed by atoms with Crippen LogP contribution in [0.25, 0.3) is 22.4 Å². The van der Waals surface area contributed by atoms with Crippen LogP contribution >= 0.6 is 0 Å². The maximum Gasteiger partial charge on any atom is 0.239 e. The summed E-state index contributed by atoms with van der Waals surface area (Å²) in [5, 5.41) is 2.75. The molecule has 3 aromatic rings. The van der Waals surface area contributed by atoms with Crippen LogP contribution in [0, 0.1) is 0 Å². The number of nitrogens with zero attached hydrogens (tertiary/aromatic N) is 2. The highest BCUT2D eigenvalue weighted by Crippen LogP contribution is 2.27. The zero-order valence-electron chi connectivity index (χ0n) is 13.9. The van der Waals surface area contributed by atoms with Gasteiger partial charge in [-0.15, -0.1) is 0 Å². The summed E-state index contributed by atoms with van der Waals surface area (Å²) in [5.74, 6) is 0.213. The van der Waals surface area contributed by atoms with Crippen molar-refractivity contribution in [1.29, 1.82) is 0 Å². The molecule has 0 fully saturated rings. The maximum atomic E-state index is 12.2. The van der Waals surface area contributed by atoms with Crippen LogP contribution in [0.15, 0.2) is 48.5 Å². The summed E-state index contributed by atoms with van der Waals surface area (Å²) in [6.45, 7) is -0.257. The highest BCUT2D eigenvalue weighted by atomic mass is 32.2. The number of sulfonamides is 1. The van der Waals surface area contributed by atoms with Crippen molar-refractivity contribution in [3.05, 3.63) is 48.5 Å². The molecule has 1 amide bonds. The molecule has 0 saturated carbocycles. The molecule has 3 rings (SSSR count). The summed E-state index contributed by atoms with van der Waals surface area (Å²) >= 11 is 0. The molecule has 130 valence electrons. The van der Waals surface area contributed by atoms with Crippen molar-refractivity contribution in [2.75, 3.05) is 25.2 Å². The number of carbonyl (C=O) groups is 1. The SMILES string of the molecule is CN(CC(=O)Nc1ccccc1-c1nc2ccccc2[nH]1)S(C)(=O)=O. The summed E-state index contributed by atoms with van der Waals surface area (Å²) in [6, 6.07) is 14.9. The van der Waals surface area contributed by atoms with Crippen LogP contribution < -0.4 is 5.32 Å². The normalized spacial score (nSPS) is 11.8. The van der Waals surface area contributed by atoms with Crippen molar-refractivity contribution >= 4 is 32.7 Å². The van der Waals surface area contributed by atoms with Gasteiger partial charge in [-0.25, -0.2) is 13.4 Å². The van der Waals surface area contributed by atoms with Crippen LogP contribution in [0.2, 0.25) is 0 Å². The van der Waals surface area contributed by atoms with E-state index in [9.17, 15) is 13.2 Å². The third kappa shape index (κ3) is 3.86. The molecule has 0 atom stereocenters. The fraction of sp³-hybridized carbons (Fsp3) is 0.176. The van der Waals surface area contributed by atoms with Crippen molar-refractivity contribution < 1.29 is 13.2 Å². The molecule has 0 bridgehead atoms. The van der Waals surface area contributed by atoms with Gasteiger partial charge in [-0.05, 0) is 24.3 Å². The van der Waals surface area contributed by atoms with Gasteiger partial charge >= 0.3 is 0 Å². The van der Waals surface area contributed by atoms with E-state index in [4.69, 9.17) is 0 Å². The molecule has 0 unspecified atom stereocenters. The first-order chi connectivity index (χ1) is 11.8. The Balaban J connectivity index is 1.87. The largest absolute Gasteiger partial charge is 0.338 e. The van der Waals surface area contributed by atoms with Gasteiger partial charge in [-0.2, -0.15) is 4.31 Å². The Kier molecular flexibility index (Phi) is 4.56. The Bertz CT molecular complexity index is 994. The maximum absolute atomic E-state index is 12.2. The summed E-state index contributed by atoms with van der Waals surface area (Å²) in [5.41, 5.74) is 3.02. The average Bonchev–Trinajstić information content (AvgIpc) is 2.98. The summed E-state index contributed by atoms with van der Waals surface area (Å²) in [7, 11) is -2.05. The number of imidazole rings is 1. The molecule has 1 aromatic heterocycles. The highest BCUT2D eigenvalue weighted by Gasteiger charge is 2.17. The second-order valence-electron chi connectivity index (χ2n) is 5.72. The number of amides is 1.